The standard InChI is InChI=1S/C32H48N4O4S.C31H37Cl2N5O4/c1-6-7-8-9-10-11-12-13-27(38)35-29(32(3,4)5)31(40)36-20-25(37)18-26(36)30(39)33-19-23-14-16-24(17-15-23)28-22(2)34-21-41-28;1-4-5-6-8-30(39)38-12-10-37(11-13-38)9-7-14-42-29-17-25-22(15-28(29)41-3)31(21(19-34)20-35-25)36-26-18-27(40-2)24(33)16-23(26)32/h14-17,21,25-26,29,37H,6-13,18-20H2,1-5H3,(H,33,39)(H,35,38);15-18,20H,4-14H2,1-3H3,(H,35,36)/t25-,26+,29-;/m1./s1. The number of thiazole rings is 1. The molecule has 4 N–H and O–H groups in total. The number of nitrogens with zero attached hydrogens (tertiary/aromatic N) is 6. The number of carbonyl (C=O) groups is 4. The molecule has 3 atom stereocenters. The van der Waals surface area contributed by atoms with Gasteiger partial charge in [0.2, 0.25) is 23.6 Å². The molecule has 2 aliphatic heterocycles. The third kappa shape index (κ3) is 19.1. The van der Waals surface area contributed by atoms with Crippen molar-refractivity contribution in [3.8, 4) is 33.8 Å². The van der Waals surface area contributed by atoms with Crippen molar-refractivity contribution in [3.63, 3.8) is 0 Å². The molecular weight excluding hydrogens is 1110 g/mol. The minimum Gasteiger partial charge on any atom is -0.495 e. The number of halogens is 2. The normalized spacial score (nSPS) is 15.7. The molecule has 17 nitrogen and oxygen atoms in total. The van der Waals surface area contributed by atoms with E-state index in [1.54, 1.807) is 36.6 Å². The van der Waals surface area contributed by atoms with Gasteiger partial charge in [0.1, 0.15) is 23.9 Å². The van der Waals surface area contributed by atoms with Crippen LogP contribution < -0.4 is 30.2 Å². The first-order chi connectivity index (χ1) is 39.9. The van der Waals surface area contributed by atoms with E-state index in [0.717, 1.165) is 99.4 Å². The molecule has 0 bridgehead atoms. The van der Waals surface area contributed by atoms with Crippen LogP contribution in [0.15, 0.2) is 60.2 Å². The Bertz CT molecular complexity index is 2980. The van der Waals surface area contributed by atoms with E-state index in [-0.39, 0.29) is 36.6 Å². The molecule has 0 unspecified atom stereocenters. The lowest BCUT2D eigenvalue weighted by Crippen LogP contribution is -2.57. The number of piperazine rings is 1. The van der Waals surface area contributed by atoms with Crippen molar-refractivity contribution in [1.29, 1.82) is 5.26 Å². The van der Waals surface area contributed by atoms with Crippen LogP contribution in [0.4, 0.5) is 11.4 Å². The highest BCUT2D eigenvalue weighted by Crippen LogP contribution is 2.41. The number of β-amino-alcohol motifs (C(OH)–C–C–N with tert-alkyl or cyclic N) is 1. The molecule has 2 saturated heterocycles. The van der Waals surface area contributed by atoms with Crippen LogP contribution in [0.5, 0.6) is 17.2 Å². The van der Waals surface area contributed by atoms with Crippen LogP contribution in [0.2, 0.25) is 10.0 Å². The number of amides is 4. The Kier molecular flexibility index (Phi) is 26.0. The SMILES string of the molecule is CCCCCC(=O)N1CCN(CCCOc2cc3ncc(C#N)c(Nc4cc(OC)c(Cl)cc4Cl)c3cc2OC)CC1.CCCCCCCCCC(=O)N[C@H](C(=O)N1C[C@H](O)C[C@H]1C(=O)NCc1ccc(-c2scnc2C)cc1)C(C)(C)C. The highest BCUT2D eigenvalue weighted by Gasteiger charge is 2.44. The van der Waals surface area contributed by atoms with E-state index in [1.165, 1.54) is 43.9 Å². The number of carbonyl (C=O) groups excluding carboxylic acids is 4. The largest absolute Gasteiger partial charge is 0.495 e. The predicted octanol–water partition coefficient (Wildman–Crippen LogP) is 12.0. The van der Waals surface area contributed by atoms with E-state index >= 15 is 0 Å². The average Bonchev–Trinajstić information content (AvgIpc) is 4.24. The van der Waals surface area contributed by atoms with Gasteiger partial charge in [0.05, 0.1) is 75.5 Å². The Morgan fingerprint density at radius 3 is 2.17 bits per heavy atom. The lowest BCUT2D eigenvalue weighted by atomic mass is 9.85. The molecule has 5 aromatic rings. The van der Waals surface area contributed by atoms with Crippen LogP contribution in [0.25, 0.3) is 21.3 Å². The summed E-state index contributed by atoms with van der Waals surface area (Å²) in [5, 5.41) is 30.8. The number of likely N-dealkylation sites (tertiary alicyclic amines) is 1. The fourth-order valence-electron chi connectivity index (χ4n) is 10.2. The molecule has 0 saturated carbocycles. The smallest absolute Gasteiger partial charge is 0.246 e. The minimum absolute atomic E-state index is 0.0695. The molecule has 4 amide bonds. The van der Waals surface area contributed by atoms with E-state index < -0.39 is 23.6 Å². The van der Waals surface area contributed by atoms with Crippen molar-refractivity contribution < 1.29 is 38.5 Å². The molecule has 0 aliphatic carbocycles. The second-order valence-corrected chi connectivity index (χ2v) is 24.1. The number of aromatic nitrogens is 2. The number of benzene rings is 3. The van der Waals surface area contributed by atoms with Gasteiger partial charge in [0, 0.05) is 88.8 Å². The number of unbranched alkanes of at least 4 members (excludes halogenated alkanes) is 8. The Hall–Kier alpha value is -6.23. The molecular formula is C63H85Cl2N9O8S. The number of ether oxygens (including phenoxy) is 3. The van der Waals surface area contributed by atoms with Gasteiger partial charge in [-0.2, -0.15) is 5.26 Å². The number of fused-ring (bicyclic) bond motifs is 1. The molecule has 3 aromatic carbocycles. The fourth-order valence-corrected chi connectivity index (χ4v) is 11.6. The van der Waals surface area contributed by atoms with Gasteiger partial charge in [-0.15, -0.1) is 11.3 Å². The molecule has 20 heteroatoms. The molecule has 83 heavy (non-hydrogen) atoms. The van der Waals surface area contributed by atoms with Gasteiger partial charge in [0.25, 0.3) is 0 Å². The molecule has 4 heterocycles. The highest BCUT2D eigenvalue weighted by atomic mass is 35.5. The zero-order chi connectivity index (χ0) is 60.1. The molecule has 2 fully saturated rings. The Balaban J connectivity index is 0.000000267. The van der Waals surface area contributed by atoms with Crippen LogP contribution in [-0.2, 0) is 25.7 Å². The van der Waals surface area contributed by atoms with E-state index in [9.17, 15) is 29.5 Å². The fraction of sp³-hybridized carbons (Fsp3) is 0.540. The Labute approximate surface area is 504 Å². The van der Waals surface area contributed by atoms with Gasteiger partial charge in [-0.3, -0.25) is 29.1 Å². The number of hydrogen-bond acceptors (Lipinski definition) is 14. The summed E-state index contributed by atoms with van der Waals surface area (Å²) in [6.45, 7) is 17.1. The summed E-state index contributed by atoms with van der Waals surface area (Å²) in [6.07, 6.45) is 13.8. The maximum absolute atomic E-state index is 13.7. The van der Waals surface area contributed by atoms with Gasteiger partial charge in [-0.25, -0.2) is 4.98 Å². The van der Waals surface area contributed by atoms with Crippen LogP contribution in [0.3, 0.4) is 0 Å². The first-order valence-corrected chi connectivity index (χ1v) is 30.9. The van der Waals surface area contributed by atoms with E-state index in [4.69, 9.17) is 37.4 Å². The van der Waals surface area contributed by atoms with Crippen molar-refractivity contribution >= 4 is 80.4 Å². The number of rotatable bonds is 27. The van der Waals surface area contributed by atoms with Crippen LogP contribution >= 0.6 is 34.5 Å². The van der Waals surface area contributed by atoms with E-state index in [0.29, 0.717) is 81.1 Å². The van der Waals surface area contributed by atoms with Crippen LogP contribution in [0, 0.1) is 23.7 Å². The lowest BCUT2D eigenvalue weighted by molar-refractivity contribution is -0.144. The lowest BCUT2D eigenvalue weighted by Gasteiger charge is -2.35. The third-order valence-electron chi connectivity index (χ3n) is 15.1. The second-order valence-electron chi connectivity index (χ2n) is 22.5. The predicted molar refractivity (Wildman–Crippen MR) is 331 cm³/mol. The van der Waals surface area contributed by atoms with Crippen molar-refractivity contribution in [2.75, 3.05) is 65.4 Å². The number of aryl methyl sites for hydroxylation is 1. The summed E-state index contributed by atoms with van der Waals surface area (Å²) in [5.74, 6) is 1.04. The maximum Gasteiger partial charge on any atom is 0.246 e. The number of aliphatic hydroxyl groups is 1. The summed E-state index contributed by atoms with van der Waals surface area (Å²) in [4.78, 5) is 67.9. The number of methoxy groups -OCH3 is 2. The zero-order valence-electron chi connectivity index (χ0n) is 49.7. The molecule has 0 spiro atoms. The van der Waals surface area contributed by atoms with Crippen molar-refractivity contribution in [2.45, 2.75) is 156 Å². The van der Waals surface area contributed by atoms with Crippen LogP contribution in [0.1, 0.15) is 141 Å². The van der Waals surface area contributed by atoms with Crippen LogP contribution in [-0.4, -0.2) is 132 Å². The second kappa shape index (κ2) is 32.7. The summed E-state index contributed by atoms with van der Waals surface area (Å²) in [5.41, 5.74) is 6.31. The number of nitriles is 1. The summed E-state index contributed by atoms with van der Waals surface area (Å²) in [6, 6.07) is 15.5. The summed E-state index contributed by atoms with van der Waals surface area (Å²) in [7, 11) is 3.10. The summed E-state index contributed by atoms with van der Waals surface area (Å²) < 4.78 is 17.1. The molecule has 0 radical (unpaired) electrons. The number of nitrogens with one attached hydrogen (secondary N) is 3. The van der Waals surface area contributed by atoms with Gasteiger partial charge < -0.3 is 45.1 Å². The van der Waals surface area contributed by atoms with Gasteiger partial charge in [-0.05, 0) is 54.9 Å². The quantitative estimate of drug-likeness (QED) is 0.0361. The number of pyridine rings is 1. The first-order valence-electron chi connectivity index (χ1n) is 29.3. The molecule has 2 aliphatic rings. The maximum atomic E-state index is 13.7. The van der Waals surface area contributed by atoms with E-state index in [1.807, 2.05) is 68.4 Å². The number of hydrogen-bond donors (Lipinski definition) is 4. The van der Waals surface area contributed by atoms with Gasteiger partial charge in [-0.1, -0.05) is 133 Å². The van der Waals surface area contributed by atoms with Crippen molar-refractivity contribution in [1.82, 2.24) is 35.3 Å². The zero-order valence-corrected chi connectivity index (χ0v) is 52.0. The number of anilines is 2. The monoisotopic (exact) mass is 1200 g/mol. The minimum atomic E-state index is -0.791. The van der Waals surface area contributed by atoms with Gasteiger partial charge >= 0.3 is 0 Å². The summed E-state index contributed by atoms with van der Waals surface area (Å²) >= 11 is 14.2. The van der Waals surface area contributed by atoms with Crippen molar-refractivity contribution in [3.05, 3.63) is 87.1 Å². The van der Waals surface area contributed by atoms with Crippen molar-refractivity contribution in [2.24, 2.45) is 5.41 Å². The third-order valence-corrected chi connectivity index (χ3v) is 16.7. The molecule has 7 rings (SSSR count). The Morgan fingerprint density at radius 1 is 0.843 bits per heavy atom. The Morgan fingerprint density at radius 2 is 1.52 bits per heavy atom. The first kappa shape index (κ1) is 65.9. The average molecular weight is 1200 g/mol. The van der Waals surface area contributed by atoms with Gasteiger partial charge in [0.15, 0.2) is 11.5 Å². The topological polar surface area (TPSA) is 212 Å². The molecule has 450 valence electrons. The number of aliphatic hydroxyl groups excluding tert-OH is 1. The molecule has 2 aromatic heterocycles. The highest BCUT2D eigenvalue weighted by molar-refractivity contribution is 7.13. The van der Waals surface area contributed by atoms with E-state index in [2.05, 4.69) is 50.7 Å².